The lowest BCUT2D eigenvalue weighted by Gasteiger charge is -2.15. The highest BCUT2D eigenvalue weighted by molar-refractivity contribution is 5.82. The second kappa shape index (κ2) is 7.61. The van der Waals surface area contributed by atoms with Gasteiger partial charge >= 0.3 is 0 Å². The van der Waals surface area contributed by atoms with Crippen LogP contribution in [-0.2, 0) is 17.9 Å². The van der Waals surface area contributed by atoms with E-state index in [0.29, 0.717) is 13.0 Å². The fourth-order valence-corrected chi connectivity index (χ4v) is 3.75. The van der Waals surface area contributed by atoms with E-state index in [1.165, 1.54) is 11.1 Å². The number of carbonyl (C=O) groups is 1. The first-order valence-corrected chi connectivity index (χ1v) is 9.33. The number of aryl methyl sites for hydroxylation is 1. The Labute approximate surface area is 153 Å². The van der Waals surface area contributed by atoms with Gasteiger partial charge in [0.15, 0.2) is 0 Å². The van der Waals surface area contributed by atoms with E-state index in [0.717, 1.165) is 37.6 Å². The molecule has 3 N–H and O–H groups in total. The highest BCUT2D eigenvalue weighted by Gasteiger charge is 2.31. The summed E-state index contributed by atoms with van der Waals surface area (Å²) in [6.45, 7) is 5.66. The van der Waals surface area contributed by atoms with Crippen molar-refractivity contribution in [2.45, 2.75) is 44.9 Å². The molecule has 138 valence electrons. The number of hydrogen-bond acceptors (Lipinski definition) is 5. The molecule has 1 amide bonds. The van der Waals surface area contributed by atoms with Gasteiger partial charge in [0.05, 0.1) is 6.04 Å². The molecule has 1 saturated heterocycles. The Balaban J connectivity index is 1.16. The maximum Gasteiger partial charge on any atom is 0.238 e. The van der Waals surface area contributed by atoms with Crippen molar-refractivity contribution in [2.75, 3.05) is 13.1 Å². The summed E-state index contributed by atoms with van der Waals surface area (Å²) < 4.78 is 5.64. The van der Waals surface area contributed by atoms with Gasteiger partial charge < -0.3 is 9.73 Å². The Bertz CT molecular complexity index is 748. The van der Waals surface area contributed by atoms with Crippen LogP contribution in [-0.4, -0.2) is 29.9 Å². The minimum Gasteiger partial charge on any atom is -0.465 e. The van der Waals surface area contributed by atoms with Gasteiger partial charge in [-0.15, -0.1) is 0 Å². The fourth-order valence-electron chi connectivity index (χ4n) is 3.75. The monoisotopic (exact) mass is 354 g/mol. The topological polar surface area (TPSA) is 69.5 Å². The van der Waals surface area contributed by atoms with Crippen LogP contribution in [0.2, 0.25) is 0 Å². The second-order valence-corrected chi connectivity index (χ2v) is 7.20. The van der Waals surface area contributed by atoms with Gasteiger partial charge in [0.1, 0.15) is 17.6 Å². The number of benzene rings is 1. The molecule has 1 fully saturated rings. The van der Waals surface area contributed by atoms with Crippen LogP contribution in [0.3, 0.4) is 0 Å². The molecular weight excluding hydrogens is 328 g/mol. The molecule has 4 rings (SSSR count). The average Bonchev–Trinajstić information content (AvgIpc) is 3.36. The Hall–Kier alpha value is -2.15. The summed E-state index contributed by atoms with van der Waals surface area (Å²) in [6.07, 6.45) is 1.65. The van der Waals surface area contributed by atoms with Crippen molar-refractivity contribution < 1.29 is 9.21 Å². The number of nitrogens with zero attached hydrogens (tertiary/aromatic N) is 1. The van der Waals surface area contributed by atoms with Crippen molar-refractivity contribution >= 4 is 5.91 Å². The molecule has 2 aromatic rings. The number of nitrogens with one attached hydrogen (secondary N) is 3. The van der Waals surface area contributed by atoms with Gasteiger partial charge in [-0.25, -0.2) is 10.9 Å². The van der Waals surface area contributed by atoms with E-state index in [1.807, 2.05) is 19.1 Å². The molecule has 2 atom stereocenters. The predicted octanol–water partition coefficient (Wildman–Crippen LogP) is 2.02. The molecule has 6 heteroatoms. The number of amides is 1. The lowest BCUT2D eigenvalue weighted by molar-refractivity contribution is -0.122. The minimum atomic E-state index is -0.221. The Morgan fingerprint density at radius 1 is 1.19 bits per heavy atom. The van der Waals surface area contributed by atoms with Crippen LogP contribution < -0.4 is 16.2 Å². The molecule has 0 saturated carbocycles. The summed E-state index contributed by atoms with van der Waals surface area (Å²) in [4.78, 5) is 14.8. The third-order valence-corrected chi connectivity index (χ3v) is 5.18. The molecule has 0 bridgehead atoms. The zero-order valence-electron chi connectivity index (χ0n) is 15.1. The van der Waals surface area contributed by atoms with Crippen LogP contribution in [0.15, 0.2) is 40.8 Å². The summed E-state index contributed by atoms with van der Waals surface area (Å²) in [6, 6.07) is 12.3. The molecule has 26 heavy (non-hydrogen) atoms. The lowest BCUT2D eigenvalue weighted by atomic mass is 10.1. The molecule has 0 spiro atoms. The van der Waals surface area contributed by atoms with Crippen molar-refractivity contribution in [1.82, 2.24) is 21.1 Å². The van der Waals surface area contributed by atoms with Crippen molar-refractivity contribution in [3.63, 3.8) is 0 Å². The highest BCUT2D eigenvalue weighted by atomic mass is 16.3. The molecule has 0 aliphatic carbocycles. The number of furan rings is 1. The SMILES string of the molecule is Cc1ccc(C2CC(C(=O)NCCCN3Cc4ccccc4C3)NN2)o1. The maximum atomic E-state index is 12.3. The summed E-state index contributed by atoms with van der Waals surface area (Å²) in [5.74, 6) is 1.81. The van der Waals surface area contributed by atoms with Crippen LogP contribution in [0, 0.1) is 6.92 Å². The van der Waals surface area contributed by atoms with Crippen LogP contribution in [0.1, 0.15) is 41.5 Å². The number of hydrogen-bond donors (Lipinski definition) is 3. The zero-order chi connectivity index (χ0) is 17.9. The molecule has 2 aliphatic rings. The predicted molar refractivity (Wildman–Crippen MR) is 99.0 cm³/mol. The Morgan fingerprint density at radius 2 is 1.96 bits per heavy atom. The normalized spacial score (nSPS) is 22.5. The van der Waals surface area contributed by atoms with Crippen molar-refractivity contribution in [2.24, 2.45) is 0 Å². The number of fused-ring (bicyclic) bond motifs is 1. The fraction of sp³-hybridized carbons (Fsp3) is 0.450. The van der Waals surface area contributed by atoms with Gasteiger partial charge in [0, 0.05) is 26.2 Å². The minimum absolute atomic E-state index is 0.0440. The van der Waals surface area contributed by atoms with Gasteiger partial charge in [0.2, 0.25) is 5.91 Å². The smallest absolute Gasteiger partial charge is 0.238 e. The van der Waals surface area contributed by atoms with E-state index in [-0.39, 0.29) is 18.0 Å². The third kappa shape index (κ3) is 3.82. The number of hydrazine groups is 1. The van der Waals surface area contributed by atoms with Gasteiger partial charge in [-0.05, 0) is 43.0 Å². The third-order valence-electron chi connectivity index (χ3n) is 5.18. The van der Waals surface area contributed by atoms with Gasteiger partial charge in [0.25, 0.3) is 0 Å². The van der Waals surface area contributed by atoms with Gasteiger partial charge in [-0.3, -0.25) is 9.69 Å². The quantitative estimate of drug-likeness (QED) is 0.693. The van der Waals surface area contributed by atoms with Crippen molar-refractivity contribution in [1.29, 1.82) is 0 Å². The van der Waals surface area contributed by atoms with E-state index in [4.69, 9.17) is 4.42 Å². The lowest BCUT2D eigenvalue weighted by Crippen LogP contribution is -2.43. The molecule has 6 nitrogen and oxygen atoms in total. The van der Waals surface area contributed by atoms with E-state index in [1.54, 1.807) is 0 Å². The number of carbonyl (C=O) groups excluding carboxylic acids is 1. The van der Waals surface area contributed by atoms with Gasteiger partial charge in [-0.1, -0.05) is 24.3 Å². The van der Waals surface area contributed by atoms with Crippen LogP contribution >= 0.6 is 0 Å². The molecule has 0 radical (unpaired) electrons. The first-order chi connectivity index (χ1) is 12.7. The van der Waals surface area contributed by atoms with Crippen LogP contribution in [0.25, 0.3) is 0 Å². The molecule has 2 unspecified atom stereocenters. The summed E-state index contributed by atoms with van der Waals surface area (Å²) in [5.41, 5.74) is 9.08. The summed E-state index contributed by atoms with van der Waals surface area (Å²) in [7, 11) is 0. The van der Waals surface area contributed by atoms with Crippen molar-refractivity contribution in [3.05, 3.63) is 59.0 Å². The molecule has 3 heterocycles. The van der Waals surface area contributed by atoms with Crippen LogP contribution in [0.4, 0.5) is 0 Å². The van der Waals surface area contributed by atoms with Gasteiger partial charge in [-0.2, -0.15) is 0 Å². The highest BCUT2D eigenvalue weighted by Crippen LogP contribution is 2.24. The average molecular weight is 354 g/mol. The van der Waals surface area contributed by atoms with Crippen molar-refractivity contribution in [3.8, 4) is 0 Å². The summed E-state index contributed by atoms with van der Waals surface area (Å²) in [5, 5.41) is 3.05. The largest absolute Gasteiger partial charge is 0.465 e. The first kappa shape index (κ1) is 17.3. The molecule has 2 aliphatic heterocycles. The maximum absolute atomic E-state index is 12.3. The molecule has 1 aromatic heterocycles. The van der Waals surface area contributed by atoms with Crippen LogP contribution in [0.5, 0.6) is 0 Å². The number of rotatable bonds is 6. The van der Waals surface area contributed by atoms with E-state index < -0.39 is 0 Å². The second-order valence-electron chi connectivity index (χ2n) is 7.20. The van der Waals surface area contributed by atoms with E-state index in [2.05, 4.69) is 45.3 Å². The zero-order valence-corrected chi connectivity index (χ0v) is 15.1. The van der Waals surface area contributed by atoms with E-state index in [9.17, 15) is 4.79 Å². The molecular formula is C20H26N4O2. The Kier molecular flexibility index (Phi) is 5.06. The Morgan fingerprint density at radius 3 is 2.65 bits per heavy atom. The standard InChI is InChI=1S/C20H26N4O2/c1-14-7-8-19(26-14)17-11-18(23-22-17)20(25)21-9-4-10-24-12-15-5-2-3-6-16(15)13-24/h2-3,5-8,17-18,22-23H,4,9-13H2,1H3,(H,21,25). The molecule has 1 aromatic carbocycles. The summed E-state index contributed by atoms with van der Waals surface area (Å²) >= 11 is 0. The van der Waals surface area contributed by atoms with E-state index >= 15 is 0 Å². The first-order valence-electron chi connectivity index (χ1n) is 9.33.